The monoisotopic (exact) mass is 345 g/mol. The summed E-state index contributed by atoms with van der Waals surface area (Å²) in [7, 11) is 0. The van der Waals surface area contributed by atoms with Gasteiger partial charge in [0, 0.05) is 29.1 Å². The van der Waals surface area contributed by atoms with E-state index in [1.165, 1.54) is 12.1 Å². The first-order valence-corrected chi connectivity index (χ1v) is 7.62. The van der Waals surface area contributed by atoms with E-state index < -0.39 is 0 Å². The van der Waals surface area contributed by atoms with Gasteiger partial charge in [-0.25, -0.2) is 4.39 Å². The Morgan fingerprint density at radius 2 is 2.00 bits per heavy atom. The van der Waals surface area contributed by atoms with E-state index >= 15 is 0 Å². The Balaban J connectivity index is 1.57. The second kappa shape index (κ2) is 7.23. The molecule has 1 aromatic heterocycles. The highest BCUT2D eigenvalue weighted by molar-refractivity contribution is 6.30. The van der Waals surface area contributed by atoms with Crippen molar-refractivity contribution in [2.75, 3.05) is 5.32 Å². The summed E-state index contributed by atoms with van der Waals surface area (Å²) in [5, 5.41) is 7.12. The van der Waals surface area contributed by atoms with E-state index in [-0.39, 0.29) is 18.1 Å². The zero-order valence-electron chi connectivity index (χ0n) is 12.5. The molecule has 5 nitrogen and oxygen atoms in total. The van der Waals surface area contributed by atoms with E-state index in [9.17, 15) is 9.18 Å². The van der Waals surface area contributed by atoms with Crippen LogP contribution in [0.5, 0.6) is 0 Å². The van der Waals surface area contributed by atoms with Gasteiger partial charge in [-0.15, -0.1) is 0 Å². The Labute approximate surface area is 142 Å². The third-order valence-corrected chi connectivity index (χ3v) is 3.48. The number of halogens is 2. The molecule has 1 amide bonds. The Hall–Kier alpha value is -2.73. The van der Waals surface area contributed by atoms with Gasteiger partial charge in [0.2, 0.25) is 17.6 Å². The highest BCUT2D eigenvalue weighted by Gasteiger charge is 2.11. The zero-order valence-corrected chi connectivity index (χ0v) is 13.3. The number of nitrogens with one attached hydrogen (secondary N) is 1. The predicted molar refractivity (Wildman–Crippen MR) is 88.1 cm³/mol. The number of amides is 1. The van der Waals surface area contributed by atoms with Crippen LogP contribution in [0.1, 0.15) is 12.3 Å². The minimum atomic E-state index is -0.333. The van der Waals surface area contributed by atoms with Gasteiger partial charge in [-0.05, 0) is 42.5 Å². The fourth-order valence-electron chi connectivity index (χ4n) is 2.08. The summed E-state index contributed by atoms with van der Waals surface area (Å²) in [4.78, 5) is 16.1. The Morgan fingerprint density at radius 3 is 2.75 bits per heavy atom. The fourth-order valence-corrected chi connectivity index (χ4v) is 2.27. The molecule has 24 heavy (non-hydrogen) atoms. The quantitative estimate of drug-likeness (QED) is 0.756. The number of aryl methyl sites for hydroxylation is 1. The van der Waals surface area contributed by atoms with E-state index in [0.29, 0.717) is 34.4 Å². The van der Waals surface area contributed by atoms with E-state index in [0.717, 1.165) is 0 Å². The molecule has 0 saturated heterocycles. The molecule has 0 unspecified atom stereocenters. The molecule has 0 aliphatic carbocycles. The van der Waals surface area contributed by atoms with Crippen molar-refractivity contribution in [2.45, 2.75) is 12.8 Å². The van der Waals surface area contributed by atoms with Gasteiger partial charge in [0.05, 0.1) is 0 Å². The van der Waals surface area contributed by atoms with Gasteiger partial charge < -0.3 is 9.84 Å². The molecule has 0 saturated carbocycles. The summed E-state index contributed by atoms with van der Waals surface area (Å²) < 4.78 is 18.0. The minimum Gasteiger partial charge on any atom is -0.339 e. The molecule has 0 spiro atoms. The van der Waals surface area contributed by atoms with Gasteiger partial charge in [0.1, 0.15) is 5.82 Å². The molecule has 0 aliphatic heterocycles. The fraction of sp³-hybridized carbons (Fsp3) is 0.118. The second-order valence-corrected chi connectivity index (χ2v) is 5.51. The molecule has 1 heterocycles. The van der Waals surface area contributed by atoms with Crippen LogP contribution in [0.4, 0.5) is 10.1 Å². The van der Waals surface area contributed by atoms with E-state index in [1.54, 1.807) is 36.4 Å². The van der Waals surface area contributed by atoms with Crippen LogP contribution in [0, 0.1) is 5.82 Å². The summed E-state index contributed by atoms with van der Waals surface area (Å²) in [6.45, 7) is 0. The van der Waals surface area contributed by atoms with Crippen molar-refractivity contribution in [3.63, 3.8) is 0 Å². The van der Waals surface area contributed by atoms with Crippen LogP contribution in [-0.4, -0.2) is 16.0 Å². The maximum absolute atomic E-state index is 12.9. The standard InChI is InChI=1S/C17H13ClFN3O2/c18-12-2-1-3-14(10-12)20-15(23)8-9-16-21-17(22-24-16)11-4-6-13(19)7-5-11/h1-7,10H,8-9H2,(H,20,23). The Bertz CT molecular complexity index is 849. The number of carbonyl (C=O) groups is 1. The van der Waals surface area contributed by atoms with Crippen molar-refractivity contribution < 1.29 is 13.7 Å². The topological polar surface area (TPSA) is 68.0 Å². The zero-order chi connectivity index (χ0) is 16.9. The first kappa shape index (κ1) is 16.1. The number of anilines is 1. The van der Waals surface area contributed by atoms with Crippen LogP contribution in [0.3, 0.4) is 0 Å². The normalized spacial score (nSPS) is 10.6. The molecular weight excluding hydrogens is 333 g/mol. The van der Waals surface area contributed by atoms with Gasteiger partial charge in [-0.2, -0.15) is 4.98 Å². The van der Waals surface area contributed by atoms with E-state index in [4.69, 9.17) is 16.1 Å². The van der Waals surface area contributed by atoms with E-state index in [2.05, 4.69) is 15.5 Å². The largest absolute Gasteiger partial charge is 0.339 e. The minimum absolute atomic E-state index is 0.182. The van der Waals surface area contributed by atoms with Gasteiger partial charge in [-0.3, -0.25) is 4.79 Å². The first-order valence-electron chi connectivity index (χ1n) is 7.24. The second-order valence-electron chi connectivity index (χ2n) is 5.08. The summed E-state index contributed by atoms with van der Waals surface area (Å²) in [5.41, 5.74) is 1.28. The molecule has 0 atom stereocenters. The van der Waals surface area contributed by atoms with Crippen LogP contribution in [-0.2, 0) is 11.2 Å². The molecule has 0 fully saturated rings. The lowest BCUT2D eigenvalue weighted by atomic mass is 10.2. The van der Waals surface area contributed by atoms with Crippen LogP contribution in [0.2, 0.25) is 5.02 Å². The third-order valence-electron chi connectivity index (χ3n) is 3.24. The van der Waals surface area contributed by atoms with E-state index in [1.807, 2.05) is 0 Å². The molecule has 0 bridgehead atoms. The Morgan fingerprint density at radius 1 is 1.21 bits per heavy atom. The lowest BCUT2D eigenvalue weighted by Gasteiger charge is -2.04. The number of hydrogen-bond donors (Lipinski definition) is 1. The average Bonchev–Trinajstić information content (AvgIpc) is 3.03. The summed E-state index contributed by atoms with van der Waals surface area (Å²) in [5.74, 6) is 0.190. The Kier molecular flexibility index (Phi) is 4.86. The lowest BCUT2D eigenvalue weighted by Crippen LogP contribution is -2.12. The van der Waals surface area contributed by atoms with Crippen molar-refractivity contribution >= 4 is 23.2 Å². The number of carbonyl (C=O) groups excluding carboxylic acids is 1. The highest BCUT2D eigenvalue weighted by atomic mass is 35.5. The molecule has 122 valence electrons. The average molecular weight is 346 g/mol. The van der Waals surface area contributed by atoms with Crippen LogP contribution >= 0.6 is 11.6 Å². The summed E-state index contributed by atoms with van der Waals surface area (Å²) in [6, 6.07) is 12.7. The summed E-state index contributed by atoms with van der Waals surface area (Å²) >= 11 is 5.86. The molecule has 0 radical (unpaired) electrons. The lowest BCUT2D eigenvalue weighted by molar-refractivity contribution is -0.116. The number of aromatic nitrogens is 2. The summed E-state index contributed by atoms with van der Waals surface area (Å²) in [6.07, 6.45) is 0.498. The maximum atomic E-state index is 12.9. The van der Waals surface area contributed by atoms with Crippen LogP contribution in [0.25, 0.3) is 11.4 Å². The smallest absolute Gasteiger partial charge is 0.227 e. The van der Waals surface area contributed by atoms with Crippen molar-refractivity contribution in [1.29, 1.82) is 0 Å². The SMILES string of the molecule is O=C(CCc1nc(-c2ccc(F)cc2)no1)Nc1cccc(Cl)c1. The van der Waals surface area contributed by atoms with Gasteiger partial charge in [0.25, 0.3) is 0 Å². The van der Waals surface area contributed by atoms with Crippen molar-refractivity contribution in [1.82, 2.24) is 10.1 Å². The van der Waals surface area contributed by atoms with Gasteiger partial charge in [0.15, 0.2) is 0 Å². The molecular formula is C17H13ClFN3O2. The van der Waals surface area contributed by atoms with Crippen LogP contribution < -0.4 is 5.32 Å². The molecule has 3 rings (SSSR count). The number of nitrogens with zero attached hydrogens (tertiary/aromatic N) is 2. The van der Waals surface area contributed by atoms with Crippen molar-refractivity contribution in [3.05, 3.63) is 65.3 Å². The third kappa shape index (κ3) is 4.17. The highest BCUT2D eigenvalue weighted by Crippen LogP contribution is 2.17. The number of rotatable bonds is 5. The van der Waals surface area contributed by atoms with Crippen molar-refractivity contribution in [2.24, 2.45) is 0 Å². The molecule has 2 aromatic carbocycles. The molecule has 0 aliphatic rings. The number of hydrogen-bond acceptors (Lipinski definition) is 4. The van der Waals surface area contributed by atoms with Gasteiger partial charge >= 0.3 is 0 Å². The molecule has 1 N–H and O–H groups in total. The number of benzene rings is 2. The molecule has 7 heteroatoms. The predicted octanol–water partition coefficient (Wildman–Crippen LogP) is 4.10. The van der Waals surface area contributed by atoms with Crippen molar-refractivity contribution in [3.8, 4) is 11.4 Å². The van der Waals surface area contributed by atoms with Gasteiger partial charge in [-0.1, -0.05) is 22.8 Å². The molecule has 3 aromatic rings. The maximum Gasteiger partial charge on any atom is 0.227 e. The van der Waals surface area contributed by atoms with Crippen LogP contribution in [0.15, 0.2) is 53.1 Å². The first-order chi connectivity index (χ1) is 11.6.